The van der Waals surface area contributed by atoms with Crippen molar-refractivity contribution in [2.24, 2.45) is 4.99 Å². The Morgan fingerprint density at radius 1 is 1.00 bits per heavy atom. The van der Waals surface area contributed by atoms with E-state index in [2.05, 4.69) is 11.6 Å². The molecule has 1 N–H and O–H groups in total. The zero-order valence-electron chi connectivity index (χ0n) is 15.3. The molecule has 1 unspecified atom stereocenters. The van der Waals surface area contributed by atoms with E-state index in [4.69, 9.17) is 0 Å². The average Bonchev–Trinajstić information content (AvgIpc) is 3.00. The lowest BCUT2D eigenvalue weighted by Crippen LogP contribution is -2.35. The zero-order valence-corrected chi connectivity index (χ0v) is 15.3. The molecule has 0 bridgehead atoms. The number of aliphatic hydroxyl groups is 1. The first-order chi connectivity index (χ1) is 11.3. The molecule has 3 heteroatoms. The van der Waals surface area contributed by atoms with Gasteiger partial charge in [0.05, 0.1) is 6.54 Å². The maximum absolute atomic E-state index is 9.67. The monoisotopic (exact) mass is 322 g/mol. The van der Waals surface area contributed by atoms with Crippen LogP contribution in [0.25, 0.3) is 0 Å². The number of allylic oxidation sites excluding steroid dienone is 1. The van der Waals surface area contributed by atoms with Gasteiger partial charge in [0, 0.05) is 13.0 Å². The van der Waals surface area contributed by atoms with Crippen molar-refractivity contribution in [2.45, 2.75) is 96.6 Å². The summed E-state index contributed by atoms with van der Waals surface area (Å²) < 4.78 is 0. The summed E-state index contributed by atoms with van der Waals surface area (Å²) in [6, 6.07) is 0. The normalized spacial score (nSPS) is 15.7. The highest BCUT2D eigenvalue weighted by molar-refractivity contribution is 5.83. The van der Waals surface area contributed by atoms with Gasteiger partial charge >= 0.3 is 0 Å². The Bertz CT molecular complexity index is 326. The lowest BCUT2D eigenvalue weighted by Gasteiger charge is -2.23. The predicted octanol–water partition coefficient (Wildman–Crippen LogP) is 5.30. The molecule has 3 nitrogen and oxygen atoms in total. The summed E-state index contributed by atoms with van der Waals surface area (Å²) in [6.45, 7) is 7.34. The van der Waals surface area contributed by atoms with Crippen molar-refractivity contribution < 1.29 is 5.11 Å². The summed E-state index contributed by atoms with van der Waals surface area (Å²) in [6.07, 6.45) is 18.8. The number of aliphatic hydroxyl groups excluding tert-OH is 1. The van der Waals surface area contributed by atoms with Crippen LogP contribution in [0.4, 0.5) is 0 Å². The number of amidine groups is 1. The number of aliphatic imine (C=N–C) groups is 1. The summed E-state index contributed by atoms with van der Waals surface area (Å²) >= 11 is 0. The average molecular weight is 323 g/mol. The molecule has 0 fully saturated rings. The second kappa shape index (κ2) is 13.6. The second-order valence-electron chi connectivity index (χ2n) is 6.84. The Kier molecular flexibility index (Phi) is 11.9. The Morgan fingerprint density at radius 2 is 1.52 bits per heavy atom. The van der Waals surface area contributed by atoms with Gasteiger partial charge in [0.1, 0.15) is 12.1 Å². The molecule has 0 aliphatic carbocycles. The van der Waals surface area contributed by atoms with Crippen molar-refractivity contribution in [3.63, 3.8) is 0 Å². The minimum atomic E-state index is -0.381. The third-order valence-electron chi connectivity index (χ3n) is 4.73. The van der Waals surface area contributed by atoms with E-state index in [1.54, 1.807) is 0 Å². The molecule has 1 aliphatic rings. The summed E-state index contributed by atoms with van der Waals surface area (Å²) in [7, 11) is 0. The largest absolute Gasteiger partial charge is 0.374 e. The van der Waals surface area contributed by atoms with Gasteiger partial charge in [-0.15, -0.1) is 6.58 Å². The van der Waals surface area contributed by atoms with Crippen molar-refractivity contribution in [3.05, 3.63) is 12.7 Å². The highest BCUT2D eigenvalue weighted by Crippen LogP contribution is 2.15. The van der Waals surface area contributed by atoms with Gasteiger partial charge in [0.2, 0.25) is 0 Å². The quantitative estimate of drug-likeness (QED) is 0.328. The van der Waals surface area contributed by atoms with Gasteiger partial charge < -0.3 is 10.0 Å². The van der Waals surface area contributed by atoms with Crippen LogP contribution < -0.4 is 0 Å². The Morgan fingerprint density at radius 3 is 2.04 bits per heavy atom. The Hall–Kier alpha value is -0.830. The first-order valence-corrected chi connectivity index (χ1v) is 9.84. The van der Waals surface area contributed by atoms with Crippen molar-refractivity contribution in [3.8, 4) is 0 Å². The summed E-state index contributed by atoms with van der Waals surface area (Å²) in [5.41, 5.74) is 0. The van der Waals surface area contributed by atoms with Gasteiger partial charge in [-0.1, -0.05) is 63.9 Å². The van der Waals surface area contributed by atoms with Crippen molar-refractivity contribution in [1.29, 1.82) is 0 Å². The Balaban J connectivity index is 1.82. The molecule has 1 rings (SSSR count). The molecule has 0 spiro atoms. The highest BCUT2D eigenvalue weighted by atomic mass is 16.3. The maximum Gasteiger partial charge on any atom is 0.125 e. The third kappa shape index (κ3) is 9.80. The number of hydrogen-bond donors (Lipinski definition) is 1. The molecule has 0 radical (unpaired) electrons. The molecule has 0 saturated carbocycles. The fourth-order valence-electron chi connectivity index (χ4n) is 3.29. The van der Waals surface area contributed by atoms with E-state index in [-0.39, 0.29) is 6.23 Å². The van der Waals surface area contributed by atoms with E-state index >= 15 is 0 Å². The summed E-state index contributed by atoms with van der Waals surface area (Å²) in [5, 5.41) is 9.67. The summed E-state index contributed by atoms with van der Waals surface area (Å²) in [5.74, 6) is 1.12. The van der Waals surface area contributed by atoms with E-state index < -0.39 is 0 Å². The smallest absolute Gasteiger partial charge is 0.125 e. The van der Waals surface area contributed by atoms with Gasteiger partial charge in [0.15, 0.2) is 0 Å². The van der Waals surface area contributed by atoms with Gasteiger partial charge in [-0.25, -0.2) is 0 Å². The Labute approximate surface area is 143 Å². The molecular weight excluding hydrogens is 284 g/mol. The molecule has 0 aromatic heterocycles. The number of nitrogens with zero attached hydrogens (tertiary/aromatic N) is 2. The molecule has 1 aliphatic heterocycles. The minimum absolute atomic E-state index is 0.381. The lowest BCUT2D eigenvalue weighted by atomic mass is 10.0. The van der Waals surface area contributed by atoms with Crippen LogP contribution in [0.1, 0.15) is 90.4 Å². The minimum Gasteiger partial charge on any atom is -0.374 e. The third-order valence-corrected chi connectivity index (χ3v) is 4.73. The first kappa shape index (κ1) is 20.2. The van der Waals surface area contributed by atoms with E-state index in [0.717, 1.165) is 25.3 Å². The molecular formula is C20H38N2O. The van der Waals surface area contributed by atoms with E-state index in [9.17, 15) is 5.11 Å². The van der Waals surface area contributed by atoms with Gasteiger partial charge in [-0.05, 0) is 26.2 Å². The van der Waals surface area contributed by atoms with Crippen molar-refractivity contribution >= 4 is 5.84 Å². The fraction of sp³-hybridized carbons (Fsp3) is 0.850. The van der Waals surface area contributed by atoms with Crippen LogP contribution in [0.3, 0.4) is 0 Å². The van der Waals surface area contributed by atoms with Gasteiger partial charge in [0.25, 0.3) is 0 Å². The molecule has 134 valence electrons. The van der Waals surface area contributed by atoms with Crippen LogP contribution in [-0.2, 0) is 0 Å². The SMILES string of the molecule is C=CCCCCCCCCCCCCCC1=NCCN1C(C)O. The fourth-order valence-corrected chi connectivity index (χ4v) is 3.29. The van der Waals surface area contributed by atoms with Crippen molar-refractivity contribution in [1.82, 2.24) is 4.90 Å². The van der Waals surface area contributed by atoms with E-state index in [1.165, 1.54) is 77.0 Å². The van der Waals surface area contributed by atoms with Crippen LogP contribution in [0.2, 0.25) is 0 Å². The predicted molar refractivity (Wildman–Crippen MR) is 101 cm³/mol. The molecule has 23 heavy (non-hydrogen) atoms. The first-order valence-electron chi connectivity index (χ1n) is 9.84. The lowest BCUT2D eigenvalue weighted by molar-refractivity contribution is 0.0766. The number of unbranched alkanes of at least 4 members (excludes halogenated alkanes) is 11. The topological polar surface area (TPSA) is 35.8 Å². The molecule has 1 heterocycles. The van der Waals surface area contributed by atoms with E-state index in [1.807, 2.05) is 17.9 Å². The standard InChI is InChI=1S/C20H38N2O/c1-3-4-5-6-7-8-9-10-11-12-13-14-15-16-20-21-17-18-22(20)19(2)23/h3,19,23H,1,4-18H2,2H3. The van der Waals surface area contributed by atoms with Crippen LogP contribution in [0.15, 0.2) is 17.6 Å². The number of hydrogen-bond acceptors (Lipinski definition) is 3. The van der Waals surface area contributed by atoms with Crippen LogP contribution in [0.5, 0.6) is 0 Å². The molecule has 0 aromatic rings. The molecule has 0 amide bonds. The number of rotatable bonds is 15. The van der Waals surface area contributed by atoms with Gasteiger partial charge in [-0.2, -0.15) is 0 Å². The van der Waals surface area contributed by atoms with Crippen LogP contribution >= 0.6 is 0 Å². The highest BCUT2D eigenvalue weighted by Gasteiger charge is 2.19. The zero-order chi connectivity index (χ0) is 16.8. The van der Waals surface area contributed by atoms with Crippen LogP contribution in [-0.4, -0.2) is 35.2 Å². The van der Waals surface area contributed by atoms with Gasteiger partial charge in [-0.3, -0.25) is 4.99 Å². The molecule has 0 aromatic carbocycles. The second-order valence-corrected chi connectivity index (χ2v) is 6.84. The van der Waals surface area contributed by atoms with Crippen LogP contribution in [0, 0.1) is 0 Å². The maximum atomic E-state index is 9.67. The van der Waals surface area contributed by atoms with E-state index in [0.29, 0.717) is 0 Å². The molecule has 1 atom stereocenters. The van der Waals surface area contributed by atoms with Crippen molar-refractivity contribution in [2.75, 3.05) is 13.1 Å². The summed E-state index contributed by atoms with van der Waals surface area (Å²) in [4.78, 5) is 6.55. The molecule has 0 saturated heterocycles.